The maximum atomic E-state index is 14.4. The molecule has 0 saturated carbocycles. The van der Waals surface area contributed by atoms with Gasteiger partial charge in [-0.05, 0) is 6.42 Å². The molecule has 0 radical (unpaired) electrons. The number of rotatable bonds is 3. The summed E-state index contributed by atoms with van der Waals surface area (Å²) in [5, 5.41) is 12.1. The first-order valence-corrected chi connectivity index (χ1v) is 6.26. The van der Waals surface area contributed by atoms with Crippen molar-refractivity contribution in [1.29, 1.82) is 5.26 Å². The second kappa shape index (κ2) is 5.35. The van der Waals surface area contributed by atoms with E-state index in [1.807, 2.05) is 6.92 Å². The molecule has 0 spiro atoms. The lowest BCUT2D eigenvalue weighted by molar-refractivity contribution is 0.636. The average Bonchev–Trinajstić information content (AvgIpc) is 2.40. The molecule has 0 bridgehead atoms. The maximum absolute atomic E-state index is 14.4. The van der Waals surface area contributed by atoms with Gasteiger partial charge in [0.25, 0.3) is 0 Å². The van der Waals surface area contributed by atoms with Crippen LogP contribution in [0.2, 0.25) is 5.02 Å². The molecule has 0 aliphatic carbocycles. The lowest BCUT2D eigenvalue weighted by atomic mass is 10.1. The molecule has 6 nitrogen and oxygen atoms in total. The summed E-state index contributed by atoms with van der Waals surface area (Å²) >= 11 is 6.20. The number of nitrogens with two attached hydrogens (primary N) is 2. The van der Waals surface area contributed by atoms with E-state index in [0.717, 1.165) is 6.42 Å². The lowest BCUT2D eigenvalue weighted by Crippen LogP contribution is -2.08. The SMILES string of the molecule is CCCNc1c(C#N)c(F)c2c(N)nc(N)nc2c1Cl. The quantitative estimate of drug-likeness (QED) is 0.800. The standard InChI is InChI=1S/C12H12ClFN6/c1-2-3-18-9-5(4-15)8(14)6-10(7(9)13)19-12(17)20-11(6)16/h18H,2-3H2,1H3,(H4,16,17,19,20). The van der Waals surface area contributed by atoms with Crippen molar-refractivity contribution in [2.75, 3.05) is 23.3 Å². The Balaban J connectivity index is 2.87. The van der Waals surface area contributed by atoms with E-state index in [1.165, 1.54) is 0 Å². The molecular weight excluding hydrogens is 283 g/mol. The van der Waals surface area contributed by atoms with Gasteiger partial charge in [-0.15, -0.1) is 0 Å². The summed E-state index contributed by atoms with van der Waals surface area (Å²) in [7, 11) is 0. The van der Waals surface area contributed by atoms with Crippen LogP contribution in [0.5, 0.6) is 0 Å². The molecule has 0 fully saturated rings. The average molecular weight is 295 g/mol. The summed E-state index contributed by atoms with van der Waals surface area (Å²) in [6, 6.07) is 1.78. The maximum Gasteiger partial charge on any atom is 0.222 e. The second-order valence-corrected chi connectivity index (χ2v) is 4.49. The smallest absolute Gasteiger partial charge is 0.222 e. The Bertz CT molecular complexity index is 724. The van der Waals surface area contributed by atoms with Crippen LogP contribution in [0.4, 0.5) is 21.8 Å². The molecule has 8 heteroatoms. The van der Waals surface area contributed by atoms with Crippen molar-refractivity contribution >= 4 is 40.0 Å². The fraction of sp³-hybridized carbons (Fsp3) is 0.250. The number of benzene rings is 1. The molecule has 0 atom stereocenters. The molecule has 1 aromatic heterocycles. The van der Waals surface area contributed by atoms with E-state index < -0.39 is 5.82 Å². The van der Waals surface area contributed by atoms with E-state index >= 15 is 0 Å². The minimum absolute atomic E-state index is 0.0896. The van der Waals surface area contributed by atoms with Gasteiger partial charge in [0.05, 0.1) is 16.1 Å². The van der Waals surface area contributed by atoms with Crippen molar-refractivity contribution < 1.29 is 4.39 Å². The van der Waals surface area contributed by atoms with E-state index in [-0.39, 0.29) is 38.9 Å². The number of fused-ring (bicyclic) bond motifs is 1. The number of hydrogen-bond donors (Lipinski definition) is 3. The monoisotopic (exact) mass is 294 g/mol. The zero-order valence-electron chi connectivity index (χ0n) is 10.7. The number of nitriles is 1. The molecule has 0 aliphatic rings. The van der Waals surface area contributed by atoms with Crippen LogP contribution in [-0.2, 0) is 0 Å². The highest BCUT2D eigenvalue weighted by Crippen LogP contribution is 2.37. The van der Waals surface area contributed by atoms with Crippen molar-refractivity contribution in [2.24, 2.45) is 0 Å². The van der Waals surface area contributed by atoms with Crippen LogP contribution in [0.3, 0.4) is 0 Å². The molecule has 20 heavy (non-hydrogen) atoms. The van der Waals surface area contributed by atoms with E-state index in [9.17, 15) is 4.39 Å². The van der Waals surface area contributed by atoms with Gasteiger partial charge in [0.2, 0.25) is 5.95 Å². The van der Waals surface area contributed by atoms with Crippen LogP contribution in [-0.4, -0.2) is 16.5 Å². The van der Waals surface area contributed by atoms with Gasteiger partial charge in [0.15, 0.2) is 5.82 Å². The second-order valence-electron chi connectivity index (χ2n) is 4.11. The number of hydrogen-bond acceptors (Lipinski definition) is 6. The van der Waals surface area contributed by atoms with Crippen LogP contribution < -0.4 is 16.8 Å². The third-order valence-electron chi connectivity index (χ3n) is 2.73. The third kappa shape index (κ3) is 2.14. The number of aromatic nitrogens is 2. The van der Waals surface area contributed by atoms with Gasteiger partial charge >= 0.3 is 0 Å². The number of halogens is 2. The largest absolute Gasteiger partial charge is 0.383 e. The first kappa shape index (κ1) is 14.1. The van der Waals surface area contributed by atoms with Crippen LogP contribution >= 0.6 is 11.6 Å². The third-order valence-corrected chi connectivity index (χ3v) is 3.10. The normalized spacial score (nSPS) is 10.5. The summed E-state index contributed by atoms with van der Waals surface area (Å²) in [5.41, 5.74) is 11.2. The molecular formula is C12H12ClFN6. The van der Waals surface area contributed by atoms with Crippen molar-refractivity contribution in [3.63, 3.8) is 0 Å². The summed E-state index contributed by atoms with van der Waals surface area (Å²) < 4.78 is 14.4. The fourth-order valence-electron chi connectivity index (χ4n) is 1.86. The van der Waals surface area contributed by atoms with Crippen LogP contribution in [0, 0.1) is 17.1 Å². The summed E-state index contributed by atoms with van der Waals surface area (Å²) in [5.74, 6) is -1.06. The molecule has 5 N–H and O–H groups in total. The Labute approximate surface area is 119 Å². The molecule has 0 unspecified atom stereocenters. The zero-order valence-corrected chi connectivity index (χ0v) is 11.4. The van der Waals surface area contributed by atoms with E-state index in [2.05, 4.69) is 15.3 Å². The Hall–Kier alpha value is -2.33. The molecule has 1 aromatic carbocycles. The predicted octanol–water partition coefficient (Wildman–Crippen LogP) is 2.28. The number of anilines is 3. The molecule has 104 valence electrons. The van der Waals surface area contributed by atoms with Gasteiger partial charge in [0.1, 0.15) is 23.0 Å². The summed E-state index contributed by atoms with van der Waals surface area (Å²) in [6.45, 7) is 2.47. The van der Waals surface area contributed by atoms with Crippen molar-refractivity contribution in [2.45, 2.75) is 13.3 Å². The van der Waals surface area contributed by atoms with Crippen LogP contribution in [0.25, 0.3) is 10.9 Å². The molecule has 0 saturated heterocycles. The first-order valence-electron chi connectivity index (χ1n) is 5.88. The molecule has 0 aliphatic heterocycles. The Morgan fingerprint density at radius 1 is 1.40 bits per heavy atom. The summed E-state index contributed by atoms with van der Waals surface area (Å²) in [4.78, 5) is 7.59. The molecule has 0 amide bonds. The van der Waals surface area contributed by atoms with Gasteiger partial charge in [-0.2, -0.15) is 10.2 Å². The van der Waals surface area contributed by atoms with Crippen LogP contribution in [0.15, 0.2) is 0 Å². The Morgan fingerprint density at radius 3 is 2.70 bits per heavy atom. The topological polar surface area (TPSA) is 114 Å². The van der Waals surface area contributed by atoms with E-state index in [0.29, 0.717) is 6.54 Å². The fourth-order valence-corrected chi connectivity index (χ4v) is 2.15. The van der Waals surface area contributed by atoms with Crippen molar-refractivity contribution in [1.82, 2.24) is 9.97 Å². The summed E-state index contributed by atoms with van der Waals surface area (Å²) in [6.07, 6.45) is 0.787. The van der Waals surface area contributed by atoms with Crippen molar-refractivity contribution in [3.8, 4) is 6.07 Å². The highest BCUT2D eigenvalue weighted by Gasteiger charge is 2.22. The van der Waals surface area contributed by atoms with Gasteiger partial charge in [-0.3, -0.25) is 0 Å². The van der Waals surface area contributed by atoms with Gasteiger partial charge in [0, 0.05) is 6.54 Å². The number of nitrogen functional groups attached to an aromatic ring is 2. The lowest BCUT2D eigenvalue weighted by Gasteiger charge is -2.13. The molecule has 2 rings (SSSR count). The first-order chi connectivity index (χ1) is 9.51. The van der Waals surface area contributed by atoms with Crippen LogP contribution in [0.1, 0.15) is 18.9 Å². The minimum Gasteiger partial charge on any atom is -0.383 e. The van der Waals surface area contributed by atoms with Gasteiger partial charge in [-0.1, -0.05) is 18.5 Å². The number of nitrogens with one attached hydrogen (secondary N) is 1. The Kier molecular flexibility index (Phi) is 3.77. The highest BCUT2D eigenvalue weighted by molar-refractivity contribution is 6.38. The van der Waals surface area contributed by atoms with Gasteiger partial charge < -0.3 is 16.8 Å². The minimum atomic E-state index is -0.803. The molecule has 1 heterocycles. The zero-order chi connectivity index (χ0) is 14.9. The van der Waals surface area contributed by atoms with Crippen molar-refractivity contribution in [3.05, 3.63) is 16.4 Å². The Morgan fingerprint density at radius 2 is 2.10 bits per heavy atom. The number of nitrogens with zero attached hydrogens (tertiary/aromatic N) is 3. The van der Waals surface area contributed by atoms with E-state index in [4.69, 9.17) is 28.3 Å². The van der Waals surface area contributed by atoms with E-state index in [1.54, 1.807) is 6.07 Å². The highest BCUT2D eigenvalue weighted by atomic mass is 35.5. The molecule has 2 aromatic rings. The predicted molar refractivity (Wildman–Crippen MR) is 76.8 cm³/mol. The van der Waals surface area contributed by atoms with Gasteiger partial charge in [-0.25, -0.2) is 9.37 Å².